The molecule has 0 saturated heterocycles. The second-order valence-electron chi connectivity index (χ2n) is 4.64. The predicted octanol–water partition coefficient (Wildman–Crippen LogP) is 2.51. The van der Waals surface area contributed by atoms with Gasteiger partial charge in [0.15, 0.2) is 0 Å². The van der Waals surface area contributed by atoms with Gasteiger partial charge in [0, 0.05) is 19.2 Å². The number of nitrogens with zero attached hydrogens (tertiary/aromatic N) is 3. The Hall–Kier alpha value is -1.42. The van der Waals surface area contributed by atoms with Crippen molar-refractivity contribution in [2.24, 2.45) is 5.73 Å². The third kappa shape index (κ3) is 2.88. The first-order valence-electron chi connectivity index (χ1n) is 6.86. The molecule has 0 spiro atoms. The molecule has 0 aliphatic heterocycles. The second kappa shape index (κ2) is 6.50. The molecule has 2 aromatic heterocycles. The van der Waals surface area contributed by atoms with Crippen LogP contribution in [-0.2, 0) is 13.0 Å². The van der Waals surface area contributed by atoms with Gasteiger partial charge in [0.05, 0.1) is 11.7 Å². The van der Waals surface area contributed by atoms with E-state index in [1.54, 1.807) is 0 Å². The van der Waals surface area contributed by atoms with Crippen molar-refractivity contribution in [3.05, 3.63) is 24.3 Å². The quantitative estimate of drug-likeness (QED) is 0.764. The smallest absolute Gasteiger partial charge is 0.109 e. The van der Waals surface area contributed by atoms with Crippen molar-refractivity contribution in [1.29, 1.82) is 0 Å². The number of aryl methyl sites for hydroxylation is 2. The molecule has 0 bridgehead atoms. The van der Waals surface area contributed by atoms with Crippen molar-refractivity contribution >= 4 is 11.0 Å². The van der Waals surface area contributed by atoms with E-state index < -0.39 is 0 Å². The minimum Gasteiger partial charge on any atom is -0.330 e. The number of aromatic nitrogens is 3. The molecule has 0 unspecified atom stereocenters. The van der Waals surface area contributed by atoms with Crippen LogP contribution >= 0.6 is 0 Å². The number of fused-ring (bicyclic) bond motifs is 1. The van der Waals surface area contributed by atoms with Crippen LogP contribution in [0.4, 0.5) is 0 Å². The van der Waals surface area contributed by atoms with E-state index in [0.717, 1.165) is 44.3 Å². The molecule has 0 saturated carbocycles. The first kappa shape index (κ1) is 13.0. The zero-order valence-corrected chi connectivity index (χ0v) is 11.1. The molecule has 2 heterocycles. The van der Waals surface area contributed by atoms with Gasteiger partial charge < -0.3 is 10.3 Å². The summed E-state index contributed by atoms with van der Waals surface area (Å²) in [6, 6.07) is 2.06. The van der Waals surface area contributed by atoms with Crippen molar-refractivity contribution in [3.63, 3.8) is 0 Å². The normalized spacial score (nSPS) is 11.2. The topological polar surface area (TPSA) is 56.7 Å². The Bertz CT molecular complexity index is 489. The van der Waals surface area contributed by atoms with Crippen LogP contribution in [0.3, 0.4) is 0 Å². The zero-order chi connectivity index (χ0) is 12.8. The number of nitrogens with two attached hydrogens (primary N) is 1. The lowest BCUT2D eigenvalue weighted by molar-refractivity contribution is 0.614. The summed E-state index contributed by atoms with van der Waals surface area (Å²) in [5.74, 6) is 1.19. The lowest BCUT2D eigenvalue weighted by Gasteiger charge is -2.07. The number of imidazole rings is 1. The van der Waals surface area contributed by atoms with Crippen LogP contribution < -0.4 is 5.73 Å². The highest BCUT2D eigenvalue weighted by Crippen LogP contribution is 2.17. The number of pyridine rings is 1. The van der Waals surface area contributed by atoms with Gasteiger partial charge in [-0.15, -0.1) is 0 Å². The highest BCUT2D eigenvalue weighted by molar-refractivity contribution is 5.74. The maximum absolute atomic E-state index is 5.52. The van der Waals surface area contributed by atoms with Gasteiger partial charge in [0.1, 0.15) is 11.3 Å². The van der Waals surface area contributed by atoms with Crippen LogP contribution in [0.25, 0.3) is 11.0 Å². The summed E-state index contributed by atoms with van der Waals surface area (Å²) in [6.45, 7) is 4.02. The molecule has 0 aliphatic carbocycles. The third-order valence-electron chi connectivity index (χ3n) is 3.18. The van der Waals surface area contributed by atoms with Gasteiger partial charge >= 0.3 is 0 Å². The fourth-order valence-corrected chi connectivity index (χ4v) is 2.30. The van der Waals surface area contributed by atoms with E-state index >= 15 is 0 Å². The highest BCUT2D eigenvalue weighted by Gasteiger charge is 2.09. The van der Waals surface area contributed by atoms with Crippen LogP contribution in [0, 0.1) is 0 Å². The summed E-state index contributed by atoms with van der Waals surface area (Å²) in [5, 5.41) is 0. The molecule has 0 fully saturated rings. The van der Waals surface area contributed by atoms with Gasteiger partial charge in [-0.3, -0.25) is 4.98 Å². The maximum Gasteiger partial charge on any atom is 0.109 e. The molecule has 4 heteroatoms. The third-order valence-corrected chi connectivity index (χ3v) is 3.18. The Morgan fingerprint density at radius 2 is 2.17 bits per heavy atom. The summed E-state index contributed by atoms with van der Waals surface area (Å²) < 4.78 is 2.33. The Morgan fingerprint density at radius 3 is 2.94 bits per heavy atom. The van der Waals surface area contributed by atoms with Crippen molar-refractivity contribution in [1.82, 2.24) is 14.5 Å². The second-order valence-corrected chi connectivity index (χ2v) is 4.64. The predicted molar refractivity (Wildman–Crippen MR) is 74.4 cm³/mol. The SMILES string of the molecule is CCCn1c(CCCCCN)nc2cnccc21. The van der Waals surface area contributed by atoms with Gasteiger partial charge in [-0.05, 0) is 31.9 Å². The van der Waals surface area contributed by atoms with Gasteiger partial charge in [0.2, 0.25) is 0 Å². The molecule has 18 heavy (non-hydrogen) atoms. The number of hydrogen-bond donors (Lipinski definition) is 1. The van der Waals surface area contributed by atoms with Gasteiger partial charge in [-0.25, -0.2) is 4.98 Å². The molecule has 0 aliphatic rings. The van der Waals surface area contributed by atoms with Crippen molar-refractivity contribution in [2.45, 2.75) is 45.6 Å². The van der Waals surface area contributed by atoms with Crippen LogP contribution in [0.5, 0.6) is 0 Å². The standard InChI is InChI=1S/C14H22N4/c1-2-10-18-13-7-9-16-11-12(13)17-14(18)6-4-3-5-8-15/h7,9,11H,2-6,8,10,15H2,1H3. The minimum atomic E-state index is 0.787. The Labute approximate surface area is 108 Å². The van der Waals surface area contributed by atoms with E-state index in [4.69, 9.17) is 10.7 Å². The average Bonchev–Trinajstić information content (AvgIpc) is 2.74. The lowest BCUT2D eigenvalue weighted by atomic mass is 10.2. The molecule has 98 valence electrons. The summed E-state index contributed by atoms with van der Waals surface area (Å²) in [7, 11) is 0. The molecular weight excluding hydrogens is 224 g/mol. The van der Waals surface area contributed by atoms with E-state index in [1.165, 1.54) is 17.8 Å². The number of unbranched alkanes of at least 4 members (excludes halogenated alkanes) is 2. The van der Waals surface area contributed by atoms with Crippen molar-refractivity contribution < 1.29 is 0 Å². The van der Waals surface area contributed by atoms with Gasteiger partial charge in [0.25, 0.3) is 0 Å². The van der Waals surface area contributed by atoms with Gasteiger partial charge in [-0.1, -0.05) is 13.3 Å². The number of hydrogen-bond acceptors (Lipinski definition) is 3. The Balaban J connectivity index is 2.17. The Morgan fingerprint density at radius 1 is 1.28 bits per heavy atom. The first-order chi connectivity index (χ1) is 8.86. The number of rotatable bonds is 7. The monoisotopic (exact) mass is 246 g/mol. The minimum absolute atomic E-state index is 0.787. The van der Waals surface area contributed by atoms with E-state index in [9.17, 15) is 0 Å². The molecule has 0 atom stereocenters. The molecule has 2 rings (SSSR count). The van der Waals surface area contributed by atoms with E-state index in [0.29, 0.717) is 0 Å². The zero-order valence-electron chi connectivity index (χ0n) is 11.1. The maximum atomic E-state index is 5.52. The largest absolute Gasteiger partial charge is 0.330 e. The van der Waals surface area contributed by atoms with E-state index in [2.05, 4.69) is 22.5 Å². The summed E-state index contributed by atoms with van der Waals surface area (Å²) >= 11 is 0. The molecule has 0 radical (unpaired) electrons. The van der Waals surface area contributed by atoms with Crippen molar-refractivity contribution in [2.75, 3.05) is 6.54 Å². The average molecular weight is 246 g/mol. The van der Waals surface area contributed by atoms with Crippen LogP contribution in [-0.4, -0.2) is 21.1 Å². The molecule has 2 N–H and O–H groups in total. The summed E-state index contributed by atoms with van der Waals surface area (Å²) in [6.07, 6.45) is 9.31. The van der Waals surface area contributed by atoms with E-state index in [1.807, 2.05) is 12.4 Å². The molecule has 0 aromatic carbocycles. The van der Waals surface area contributed by atoms with Gasteiger partial charge in [-0.2, -0.15) is 0 Å². The van der Waals surface area contributed by atoms with Crippen LogP contribution in [0.2, 0.25) is 0 Å². The summed E-state index contributed by atoms with van der Waals surface area (Å²) in [4.78, 5) is 8.84. The fraction of sp³-hybridized carbons (Fsp3) is 0.571. The lowest BCUT2D eigenvalue weighted by Crippen LogP contribution is -2.04. The van der Waals surface area contributed by atoms with E-state index in [-0.39, 0.29) is 0 Å². The Kier molecular flexibility index (Phi) is 4.70. The molecule has 2 aromatic rings. The van der Waals surface area contributed by atoms with Crippen molar-refractivity contribution in [3.8, 4) is 0 Å². The fourth-order valence-electron chi connectivity index (χ4n) is 2.30. The summed E-state index contributed by atoms with van der Waals surface area (Å²) in [5.41, 5.74) is 7.74. The molecular formula is C14H22N4. The molecule has 4 nitrogen and oxygen atoms in total. The van der Waals surface area contributed by atoms with Crippen LogP contribution in [0.1, 0.15) is 38.4 Å². The van der Waals surface area contributed by atoms with Crippen LogP contribution in [0.15, 0.2) is 18.5 Å². The molecule has 0 amide bonds. The first-order valence-corrected chi connectivity index (χ1v) is 6.86. The highest BCUT2D eigenvalue weighted by atomic mass is 15.1.